The van der Waals surface area contributed by atoms with E-state index in [2.05, 4.69) is 44.7 Å². The Morgan fingerprint density at radius 2 is 1.23 bits per heavy atom. The largest absolute Gasteiger partial charge is 2.00 e. The van der Waals surface area contributed by atoms with Crippen LogP contribution in [0.5, 0.6) is 11.5 Å². The van der Waals surface area contributed by atoms with E-state index >= 15 is 0 Å². The van der Waals surface area contributed by atoms with Gasteiger partial charge in [-0.3, -0.25) is 0 Å². The standard InChI is InChI=1S/C22H21O2.C5H5.Fe/c1-3-21(16-8-12-19(23)13-9-16)22(17-6-4-5-7-17)18-10-14-20(24-2)15-11-18;1-2-4-5-3-1;/h4-15,23H,3H2,1-2H3;1-5H;/q;;+2/b22-21+;;. The molecule has 2 aromatic rings. The van der Waals surface area contributed by atoms with Gasteiger partial charge in [0.1, 0.15) is 11.5 Å². The number of methoxy groups -OCH3 is 1. The predicted octanol–water partition coefficient (Wildman–Crippen LogP) is 6.15. The first-order valence-corrected chi connectivity index (χ1v) is 9.78. The van der Waals surface area contributed by atoms with Gasteiger partial charge in [0.2, 0.25) is 0 Å². The summed E-state index contributed by atoms with van der Waals surface area (Å²) in [6, 6.07) is 15.6. The minimum Gasteiger partial charge on any atom is -0.508 e. The van der Waals surface area contributed by atoms with Gasteiger partial charge < -0.3 is 9.84 Å². The van der Waals surface area contributed by atoms with Crippen molar-refractivity contribution in [3.8, 4) is 11.5 Å². The molecule has 3 heteroatoms. The summed E-state index contributed by atoms with van der Waals surface area (Å²) in [6.07, 6.45) is 19.3. The van der Waals surface area contributed by atoms with Crippen LogP contribution in [0.4, 0.5) is 0 Å². The van der Waals surface area contributed by atoms with Crippen LogP contribution in [0.25, 0.3) is 11.1 Å². The molecular formula is C27H26FeO2+2. The maximum atomic E-state index is 9.58. The SMILES string of the molecule is CC/C(=C(/[C]1[CH][CH][CH][CH]1)c1ccc(OC)cc1)c1ccc(O)cc1.[CH]1[CH][CH][CH][CH]1.[Fe+2]. The number of ether oxygens (including phenoxy) is 1. The van der Waals surface area contributed by atoms with Crippen LogP contribution in [0, 0.1) is 63.7 Å². The van der Waals surface area contributed by atoms with E-state index in [9.17, 15) is 5.11 Å². The van der Waals surface area contributed by atoms with Crippen molar-refractivity contribution < 1.29 is 26.9 Å². The van der Waals surface area contributed by atoms with Crippen LogP contribution in [0.1, 0.15) is 24.5 Å². The molecule has 2 aromatic carbocycles. The minimum absolute atomic E-state index is 0. The second-order valence-corrected chi connectivity index (χ2v) is 6.62. The van der Waals surface area contributed by atoms with Gasteiger partial charge in [0.25, 0.3) is 0 Å². The van der Waals surface area contributed by atoms with Crippen LogP contribution in [0.3, 0.4) is 0 Å². The third kappa shape index (κ3) is 6.65. The Labute approximate surface area is 193 Å². The zero-order valence-corrected chi connectivity index (χ0v) is 18.3. The van der Waals surface area contributed by atoms with Crippen molar-refractivity contribution in [1.82, 2.24) is 0 Å². The Morgan fingerprint density at radius 1 is 0.733 bits per heavy atom. The van der Waals surface area contributed by atoms with E-state index in [1.807, 2.05) is 56.4 Å². The molecule has 0 atom stereocenters. The number of hydrogen-bond donors (Lipinski definition) is 1. The van der Waals surface area contributed by atoms with E-state index in [4.69, 9.17) is 4.74 Å². The molecule has 10 radical (unpaired) electrons. The Bertz CT molecular complexity index is 760. The van der Waals surface area contributed by atoms with Crippen LogP contribution in [0.2, 0.25) is 0 Å². The average molecular weight is 438 g/mol. The number of hydrogen-bond acceptors (Lipinski definition) is 2. The molecule has 0 aliphatic heterocycles. The van der Waals surface area contributed by atoms with E-state index in [0.29, 0.717) is 0 Å². The molecule has 152 valence electrons. The molecule has 0 saturated heterocycles. The topological polar surface area (TPSA) is 29.5 Å². The Balaban J connectivity index is 0.000000468. The van der Waals surface area contributed by atoms with Crippen molar-refractivity contribution in [1.29, 1.82) is 0 Å². The van der Waals surface area contributed by atoms with Gasteiger partial charge in [0, 0.05) is 5.92 Å². The van der Waals surface area contributed by atoms with Crippen molar-refractivity contribution in [2.75, 3.05) is 7.11 Å². The van der Waals surface area contributed by atoms with Gasteiger partial charge in [-0.1, -0.05) is 31.2 Å². The molecule has 4 rings (SSSR count). The zero-order valence-electron chi connectivity index (χ0n) is 17.2. The quantitative estimate of drug-likeness (QED) is 0.449. The van der Waals surface area contributed by atoms with E-state index in [0.717, 1.165) is 23.3 Å². The van der Waals surface area contributed by atoms with Crippen LogP contribution in [-0.4, -0.2) is 12.2 Å². The van der Waals surface area contributed by atoms with Gasteiger partial charge in [-0.25, -0.2) is 0 Å². The molecule has 2 saturated carbocycles. The number of phenolic OH excluding ortho intramolecular Hbond substituents is 1. The molecule has 0 heterocycles. The number of aromatic hydroxyl groups is 1. The summed E-state index contributed by atoms with van der Waals surface area (Å²) in [5.74, 6) is 2.34. The predicted molar refractivity (Wildman–Crippen MR) is 120 cm³/mol. The first kappa shape index (κ1) is 24.6. The fourth-order valence-corrected chi connectivity index (χ4v) is 3.32. The Kier molecular flexibility index (Phi) is 10.5. The van der Waals surface area contributed by atoms with Gasteiger partial charge in [-0.05, 0) is 111 Å². The van der Waals surface area contributed by atoms with Gasteiger partial charge in [0.05, 0.1) is 7.11 Å². The molecule has 2 aliphatic carbocycles. The van der Waals surface area contributed by atoms with Crippen LogP contribution >= 0.6 is 0 Å². The summed E-state index contributed by atoms with van der Waals surface area (Å²) in [5.41, 5.74) is 4.76. The van der Waals surface area contributed by atoms with Crippen molar-refractivity contribution in [2.24, 2.45) is 0 Å². The fourth-order valence-electron chi connectivity index (χ4n) is 3.32. The first-order valence-electron chi connectivity index (χ1n) is 9.78. The van der Waals surface area contributed by atoms with Gasteiger partial charge in [-0.15, -0.1) is 0 Å². The van der Waals surface area contributed by atoms with Crippen molar-refractivity contribution in [3.63, 3.8) is 0 Å². The smallest absolute Gasteiger partial charge is 0.508 e. The van der Waals surface area contributed by atoms with Crippen molar-refractivity contribution in [3.05, 3.63) is 123 Å². The van der Waals surface area contributed by atoms with Crippen molar-refractivity contribution in [2.45, 2.75) is 13.3 Å². The molecule has 1 N–H and O–H groups in total. The van der Waals surface area contributed by atoms with E-state index in [-0.39, 0.29) is 22.8 Å². The maximum Gasteiger partial charge on any atom is 2.00 e. The molecule has 0 unspecified atom stereocenters. The third-order valence-electron chi connectivity index (χ3n) is 4.76. The van der Waals surface area contributed by atoms with Gasteiger partial charge in [0.15, 0.2) is 0 Å². The number of phenols is 1. The molecule has 0 aromatic heterocycles. The number of allylic oxidation sites excluding steroid dienone is 2. The van der Waals surface area contributed by atoms with E-state index in [1.165, 1.54) is 17.1 Å². The number of rotatable bonds is 5. The average Bonchev–Trinajstić information content (AvgIpc) is 3.50. The van der Waals surface area contributed by atoms with Crippen LogP contribution in [-0.2, 0) is 17.1 Å². The summed E-state index contributed by atoms with van der Waals surface area (Å²) in [4.78, 5) is 0. The van der Waals surface area contributed by atoms with Crippen LogP contribution in [0.15, 0.2) is 48.5 Å². The summed E-state index contributed by atoms with van der Waals surface area (Å²) in [7, 11) is 1.68. The second-order valence-electron chi connectivity index (χ2n) is 6.62. The molecule has 2 aliphatic rings. The monoisotopic (exact) mass is 438 g/mol. The van der Waals surface area contributed by atoms with Gasteiger partial charge >= 0.3 is 17.1 Å². The third-order valence-corrected chi connectivity index (χ3v) is 4.76. The molecule has 2 nitrogen and oxygen atoms in total. The van der Waals surface area contributed by atoms with Crippen molar-refractivity contribution >= 4 is 11.1 Å². The van der Waals surface area contributed by atoms with E-state index < -0.39 is 0 Å². The zero-order chi connectivity index (χ0) is 20.5. The summed E-state index contributed by atoms with van der Waals surface area (Å²) in [5, 5.41) is 9.58. The minimum atomic E-state index is 0. The normalized spacial score (nSPS) is 16.9. The molecular weight excluding hydrogens is 412 g/mol. The molecule has 30 heavy (non-hydrogen) atoms. The molecule has 0 bridgehead atoms. The summed E-state index contributed by atoms with van der Waals surface area (Å²) >= 11 is 0. The first-order chi connectivity index (χ1) is 14.2. The molecule has 2 fully saturated rings. The summed E-state index contributed by atoms with van der Waals surface area (Å²) in [6.45, 7) is 2.16. The summed E-state index contributed by atoms with van der Waals surface area (Å²) < 4.78 is 5.28. The molecule has 0 amide bonds. The molecule has 0 spiro atoms. The van der Waals surface area contributed by atoms with Gasteiger partial charge in [-0.2, -0.15) is 0 Å². The Hall–Kier alpha value is -1.70. The number of benzene rings is 2. The Morgan fingerprint density at radius 3 is 1.70 bits per heavy atom. The van der Waals surface area contributed by atoms with Crippen LogP contribution < -0.4 is 4.74 Å². The second kappa shape index (κ2) is 12.9. The maximum absolute atomic E-state index is 9.58. The van der Waals surface area contributed by atoms with E-state index in [1.54, 1.807) is 19.2 Å². The fraction of sp³-hybridized carbons (Fsp3) is 0.111.